The molecular formula is C36H45FN2O5. The van der Waals surface area contributed by atoms with Gasteiger partial charge in [-0.05, 0) is 90.3 Å². The fraction of sp³-hybridized carbons (Fsp3) is 0.472. The Morgan fingerprint density at radius 1 is 0.932 bits per heavy atom. The van der Waals surface area contributed by atoms with Crippen LogP contribution in [0.2, 0.25) is 0 Å². The molecule has 2 heterocycles. The van der Waals surface area contributed by atoms with Gasteiger partial charge in [0.1, 0.15) is 24.8 Å². The summed E-state index contributed by atoms with van der Waals surface area (Å²) in [7, 11) is 0. The van der Waals surface area contributed by atoms with E-state index in [1.165, 1.54) is 17.7 Å². The van der Waals surface area contributed by atoms with Crippen LogP contribution in [0.5, 0.6) is 17.2 Å². The van der Waals surface area contributed by atoms with Crippen LogP contribution < -0.4 is 19.5 Å². The van der Waals surface area contributed by atoms with Crippen LogP contribution in [0.4, 0.5) is 10.1 Å². The van der Waals surface area contributed by atoms with Crippen molar-refractivity contribution in [2.24, 2.45) is 0 Å². The lowest BCUT2D eigenvalue weighted by molar-refractivity contribution is -0.117. The van der Waals surface area contributed by atoms with E-state index in [-0.39, 0.29) is 37.0 Å². The van der Waals surface area contributed by atoms with Crippen LogP contribution >= 0.6 is 0 Å². The van der Waals surface area contributed by atoms with E-state index in [9.17, 15) is 9.18 Å². The molecule has 3 aromatic carbocycles. The molecule has 0 bridgehead atoms. The summed E-state index contributed by atoms with van der Waals surface area (Å²) in [4.78, 5) is 15.8. The Balaban J connectivity index is 1.32. The number of nitrogens with zero attached hydrogens (tertiary/aromatic N) is 1. The van der Waals surface area contributed by atoms with Crippen molar-refractivity contribution >= 4 is 11.6 Å². The smallest absolute Gasteiger partial charge is 0.238 e. The molecule has 0 aliphatic carbocycles. The molecule has 0 aromatic heterocycles. The maximum atomic E-state index is 14.2. The van der Waals surface area contributed by atoms with Crippen LogP contribution in [-0.4, -0.2) is 50.5 Å². The van der Waals surface area contributed by atoms with Crippen molar-refractivity contribution in [1.29, 1.82) is 0 Å². The highest BCUT2D eigenvalue weighted by atomic mass is 19.1. The van der Waals surface area contributed by atoms with Gasteiger partial charge in [0.25, 0.3) is 0 Å². The van der Waals surface area contributed by atoms with Crippen molar-refractivity contribution in [2.75, 3.05) is 45.0 Å². The van der Waals surface area contributed by atoms with Gasteiger partial charge in [0.2, 0.25) is 5.91 Å². The molecule has 44 heavy (non-hydrogen) atoms. The lowest BCUT2D eigenvalue weighted by Gasteiger charge is -2.25. The highest BCUT2D eigenvalue weighted by Gasteiger charge is 2.35. The number of aryl methyl sites for hydroxylation is 2. The SMILES string of the molecule is CCCCCOCOc1ccc([C@H]2C[C@@H](c3ccc4c(c3)OCCO4)CN2CC(=O)Nc2c(CC)cc(F)cc2CC)cc1. The minimum Gasteiger partial charge on any atom is -0.486 e. The molecule has 2 aliphatic heterocycles. The van der Waals surface area contributed by atoms with Crippen molar-refractivity contribution < 1.29 is 28.1 Å². The van der Waals surface area contributed by atoms with Crippen LogP contribution in [0.3, 0.4) is 0 Å². The summed E-state index contributed by atoms with van der Waals surface area (Å²) in [6.45, 7) is 9.08. The summed E-state index contributed by atoms with van der Waals surface area (Å²) in [5.41, 5.74) is 4.65. The number of carbonyl (C=O) groups is 1. The number of fused-ring (bicyclic) bond motifs is 1. The van der Waals surface area contributed by atoms with E-state index in [4.69, 9.17) is 18.9 Å². The molecule has 1 amide bonds. The first-order chi connectivity index (χ1) is 21.5. The first-order valence-corrected chi connectivity index (χ1v) is 16.0. The summed E-state index contributed by atoms with van der Waals surface area (Å²) in [6.07, 6.45) is 5.47. The van der Waals surface area contributed by atoms with Crippen molar-refractivity contribution in [1.82, 2.24) is 4.90 Å². The van der Waals surface area contributed by atoms with E-state index in [0.29, 0.717) is 39.2 Å². The third-order valence-electron chi connectivity index (χ3n) is 8.55. The van der Waals surface area contributed by atoms with Crippen LogP contribution in [0.25, 0.3) is 0 Å². The van der Waals surface area contributed by atoms with Gasteiger partial charge < -0.3 is 24.3 Å². The van der Waals surface area contributed by atoms with Crippen molar-refractivity contribution in [3.8, 4) is 17.2 Å². The number of likely N-dealkylation sites (tertiary alicyclic amines) is 1. The van der Waals surface area contributed by atoms with E-state index in [1.807, 2.05) is 32.0 Å². The summed E-state index contributed by atoms with van der Waals surface area (Å²) >= 11 is 0. The molecule has 0 spiro atoms. The Bertz CT molecular complexity index is 1370. The molecule has 236 valence electrons. The topological polar surface area (TPSA) is 69.3 Å². The highest BCUT2D eigenvalue weighted by Crippen LogP contribution is 2.43. The van der Waals surface area contributed by atoms with E-state index in [2.05, 4.69) is 41.4 Å². The minimum absolute atomic E-state index is 0.0304. The molecule has 3 aromatic rings. The van der Waals surface area contributed by atoms with Crippen molar-refractivity contribution in [3.05, 3.63) is 82.7 Å². The molecule has 2 atom stereocenters. The van der Waals surface area contributed by atoms with E-state index >= 15 is 0 Å². The summed E-state index contributed by atoms with van der Waals surface area (Å²) < 4.78 is 37.2. The number of rotatable bonds is 14. The second-order valence-corrected chi connectivity index (χ2v) is 11.6. The zero-order valence-electron chi connectivity index (χ0n) is 26.2. The molecule has 1 N–H and O–H groups in total. The second-order valence-electron chi connectivity index (χ2n) is 11.6. The van der Waals surface area contributed by atoms with Gasteiger partial charge in [0, 0.05) is 18.3 Å². The third kappa shape index (κ3) is 7.90. The largest absolute Gasteiger partial charge is 0.486 e. The molecule has 0 unspecified atom stereocenters. The van der Waals surface area contributed by atoms with Gasteiger partial charge in [-0.25, -0.2) is 4.39 Å². The van der Waals surface area contributed by atoms with E-state index < -0.39 is 0 Å². The number of unbranched alkanes of at least 4 members (excludes halogenated alkanes) is 2. The Labute approximate surface area is 260 Å². The van der Waals surface area contributed by atoms with Gasteiger partial charge >= 0.3 is 0 Å². The zero-order valence-corrected chi connectivity index (χ0v) is 26.2. The number of carbonyl (C=O) groups excluding carboxylic acids is 1. The molecule has 7 nitrogen and oxygen atoms in total. The second kappa shape index (κ2) is 15.4. The van der Waals surface area contributed by atoms with Gasteiger partial charge in [-0.15, -0.1) is 0 Å². The van der Waals surface area contributed by atoms with Gasteiger partial charge in [-0.3, -0.25) is 9.69 Å². The lowest BCUT2D eigenvalue weighted by atomic mass is 9.93. The molecule has 2 aliphatic rings. The maximum absolute atomic E-state index is 14.2. The van der Waals surface area contributed by atoms with Gasteiger partial charge in [-0.2, -0.15) is 0 Å². The van der Waals surface area contributed by atoms with Crippen LogP contribution in [0, 0.1) is 5.82 Å². The van der Waals surface area contributed by atoms with E-state index in [0.717, 1.165) is 65.3 Å². The number of benzene rings is 3. The average molecular weight is 605 g/mol. The minimum atomic E-state index is -0.269. The van der Waals surface area contributed by atoms with Crippen molar-refractivity contribution in [3.63, 3.8) is 0 Å². The number of anilines is 1. The Morgan fingerprint density at radius 3 is 2.34 bits per heavy atom. The van der Waals surface area contributed by atoms with Crippen molar-refractivity contribution in [2.45, 2.75) is 71.3 Å². The Kier molecular flexibility index (Phi) is 11.1. The van der Waals surface area contributed by atoms with Crippen LogP contribution in [-0.2, 0) is 22.4 Å². The quantitative estimate of drug-likeness (QED) is 0.152. The first kappa shape index (κ1) is 31.8. The van der Waals surface area contributed by atoms with Crippen LogP contribution in [0.15, 0.2) is 54.6 Å². The summed E-state index contributed by atoms with van der Waals surface area (Å²) in [5.74, 6) is 2.14. The van der Waals surface area contributed by atoms with Gasteiger partial charge in [-0.1, -0.05) is 51.8 Å². The Morgan fingerprint density at radius 2 is 1.64 bits per heavy atom. The normalized spacial score (nSPS) is 17.9. The molecule has 0 radical (unpaired) electrons. The number of hydrogen-bond donors (Lipinski definition) is 1. The van der Waals surface area contributed by atoms with Gasteiger partial charge in [0.15, 0.2) is 18.3 Å². The number of halogens is 1. The lowest BCUT2D eigenvalue weighted by Crippen LogP contribution is -2.33. The zero-order chi connectivity index (χ0) is 30.9. The monoisotopic (exact) mass is 604 g/mol. The predicted molar refractivity (Wildman–Crippen MR) is 170 cm³/mol. The summed E-state index contributed by atoms with van der Waals surface area (Å²) in [5, 5.41) is 3.14. The van der Waals surface area contributed by atoms with E-state index in [1.54, 1.807) is 0 Å². The number of ether oxygens (including phenoxy) is 4. The van der Waals surface area contributed by atoms with Crippen LogP contribution in [0.1, 0.15) is 80.7 Å². The fourth-order valence-corrected chi connectivity index (χ4v) is 6.20. The molecule has 8 heteroatoms. The molecule has 5 rings (SSSR count). The molecule has 1 saturated heterocycles. The maximum Gasteiger partial charge on any atom is 0.238 e. The predicted octanol–water partition coefficient (Wildman–Crippen LogP) is 7.43. The van der Waals surface area contributed by atoms with Gasteiger partial charge in [0.05, 0.1) is 13.2 Å². The summed E-state index contributed by atoms with van der Waals surface area (Å²) in [6, 6.07) is 17.3. The number of nitrogens with one attached hydrogen (secondary N) is 1. The number of amides is 1. The molecule has 0 saturated carbocycles. The molecule has 1 fully saturated rings. The number of hydrogen-bond acceptors (Lipinski definition) is 6. The molecular weight excluding hydrogens is 559 g/mol. The standard InChI is InChI=1S/C36H45FN2O5/c1-4-7-8-15-41-24-44-31-12-9-27(10-13-31)32-20-29(28-11-14-33-34(21-28)43-17-16-42-33)22-39(32)23-35(40)38-36-25(5-2)18-30(37)19-26(36)6-3/h9-14,18-19,21,29,32H,4-8,15-17,20,22-24H2,1-3H3,(H,38,40)/t29-,32-/m1/s1. The fourth-order valence-electron chi connectivity index (χ4n) is 6.20. The first-order valence-electron chi connectivity index (χ1n) is 16.0. The third-order valence-corrected chi connectivity index (χ3v) is 8.55. The highest BCUT2D eigenvalue weighted by molar-refractivity contribution is 5.94. The Hall–Kier alpha value is -3.62. The average Bonchev–Trinajstić information content (AvgIpc) is 3.46.